The first-order valence-electron chi connectivity index (χ1n) is 7.85. The second-order valence-corrected chi connectivity index (χ2v) is 5.91. The molecule has 1 saturated carbocycles. The molecule has 4 N–H and O–H groups in total. The Bertz CT molecular complexity index is 365. The molecule has 122 valence electrons. The molecule has 6 heteroatoms. The van der Waals surface area contributed by atoms with Crippen molar-refractivity contribution in [2.45, 2.75) is 70.9 Å². The van der Waals surface area contributed by atoms with Crippen molar-refractivity contribution in [3.63, 3.8) is 0 Å². The van der Waals surface area contributed by atoms with E-state index >= 15 is 0 Å². The van der Waals surface area contributed by atoms with Crippen LogP contribution in [-0.4, -0.2) is 36.2 Å². The van der Waals surface area contributed by atoms with Crippen LogP contribution in [0, 0.1) is 5.41 Å². The number of nitrogens with zero attached hydrogens (tertiary/aromatic N) is 1. The molecule has 0 aliphatic heterocycles. The highest BCUT2D eigenvalue weighted by molar-refractivity contribution is 6.06. The van der Waals surface area contributed by atoms with E-state index in [1.165, 1.54) is 0 Å². The normalized spacial score (nSPS) is 23.3. The highest BCUT2D eigenvalue weighted by atomic mass is 16.5. The number of amides is 1. The van der Waals surface area contributed by atoms with Crippen molar-refractivity contribution in [1.82, 2.24) is 5.32 Å². The third-order valence-electron chi connectivity index (χ3n) is 4.44. The molecule has 0 bridgehead atoms. The molecule has 0 saturated heterocycles. The van der Waals surface area contributed by atoms with Crippen molar-refractivity contribution >= 4 is 11.7 Å². The number of rotatable bonds is 8. The topological polar surface area (TPSA) is 96.9 Å². The molecule has 0 heterocycles. The van der Waals surface area contributed by atoms with Crippen molar-refractivity contribution in [2.75, 3.05) is 7.11 Å². The highest BCUT2D eigenvalue weighted by Crippen LogP contribution is 2.32. The largest absolute Gasteiger partial charge is 0.409 e. The van der Waals surface area contributed by atoms with Gasteiger partial charge < -0.3 is 21.0 Å². The molecule has 6 nitrogen and oxygen atoms in total. The molecule has 21 heavy (non-hydrogen) atoms. The van der Waals surface area contributed by atoms with E-state index in [0.29, 0.717) is 12.8 Å². The van der Waals surface area contributed by atoms with E-state index in [-0.39, 0.29) is 23.9 Å². The monoisotopic (exact) mass is 299 g/mol. The fraction of sp³-hybridized carbons (Fsp3) is 0.867. The number of amidine groups is 1. The van der Waals surface area contributed by atoms with Gasteiger partial charge in [0.05, 0.1) is 6.10 Å². The van der Waals surface area contributed by atoms with Crippen LogP contribution in [0.1, 0.15) is 58.8 Å². The fourth-order valence-electron chi connectivity index (χ4n) is 3.28. The van der Waals surface area contributed by atoms with E-state index < -0.39 is 5.41 Å². The first kappa shape index (κ1) is 17.8. The predicted molar refractivity (Wildman–Crippen MR) is 82.2 cm³/mol. The smallest absolute Gasteiger partial charge is 0.234 e. The summed E-state index contributed by atoms with van der Waals surface area (Å²) < 4.78 is 5.33. The lowest BCUT2D eigenvalue weighted by molar-refractivity contribution is -0.129. The Morgan fingerprint density at radius 1 is 1.38 bits per heavy atom. The van der Waals surface area contributed by atoms with E-state index in [0.717, 1.165) is 32.1 Å². The van der Waals surface area contributed by atoms with Gasteiger partial charge in [-0.25, -0.2) is 0 Å². The van der Waals surface area contributed by atoms with E-state index in [9.17, 15) is 4.79 Å². The molecule has 2 unspecified atom stereocenters. The van der Waals surface area contributed by atoms with Crippen LogP contribution >= 0.6 is 0 Å². The second kappa shape index (κ2) is 8.22. The second-order valence-electron chi connectivity index (χ2n) is 5.91. The van der Waals surface area contributed by atoms with Crippen molar-refractivity contribution in [2.24, 2.45) is 16.3 Å². The molecule has 1 amide bonds. The number of nitrogens with two attached hydrogens (primary N) is 1. The molecule has 0 aromatic heterocycles. The average molecular weight is 299 g/mol. The molecular weight excluding hydrogens is 270 g/mol. The summed E-state index contributed by atoms with van der Waals surface area (Å²) in [6.07, 6.45) is 5.68. The van der Waals surface area contributed by atoms with Gasteiger partial charge in [-0.1, -0.05) is 31.8 Å². The van der Waals surface area contributed by atoms with Gasteiger partial charge in [0, 0.05) is 13.2 Å². The number of carbonyl (C=O) groups is 1. The zero-order valence-electron chi connectivity index (χ0n) is 13.4. The zero-order valence-corrected chi connectivity index (χ0v) is 13.4. The summed E-state index contributed by atoms with van der Waals surface area (Å²) in [5, 5.41) is 15.3. The third-order valence-corrected chi connectivity index (χ3v) is 4.44. The Labute approximate surface area is 127 Å². The molecule has 0 aromatic carbocycles. The minimum atomic E-state index is -0.899. The Balaban J connectivity index is 2.84. The van der Waals surface area contributed by atoms with Crippen LogP contribution in [0.5, 0.6) is 0 Å². The van der Waals surface area contributed by atoms with E-state index in [2.05, 4.69) is 10.5 Å². The summed E-state index contributed by atoms with van der Waals surface area (Å²) >= 11 is 0. The van der Waals surface area contributed by atoms with Crippen LogP contribution in [0.25, 0.3) is 0 Å². The van der Waals surface area contributed by atoms with Crippen molar-refractivity contribution < 1.29 is 14.7 Å². The van der Waals surface area contributed by atoms with Gasteiger partial charge in [0.25, 0.3) is 0 Å². The van der Waals surface area contributed by atoms with Crippen LogP contribution in [0.3, 0.4) is 0 Å². The molecular formula is C15H29N3O3. The number of ether oxygens (including phenoxy) is 1. The quantitative estimate of drug-likeness (QED) is 0.276. The number of carbonyl (C=O) groups excluding carboxylic acids is 1. The van der Waals surface area contributed by atoms with Crippen LogP contribution in [-0.2, 0) is 9.53 Å². The number of nitrogens with one attached hydrogen (secondary N) is 1. The van der Waals surface area contributed by atoms with Gasteiger partial charge in [-0.05, 0) is 32.1 Å². The van der Waals surface area contributed by atoms with Crippen LogP contribution in [0.2, 0.25) is 0 Å². The Morgan fingerprint density at radius 2 is 2.00 bits per heavy atom. The molecule has 2 atom stereocenters. The molecule has 1 aliphatic carbocycles. The molecule has 0 aromatic rings. The predicted octanol–water partition coefficient (Wildman–Crippen LogP) is 2.00. The summed E-state index contributed by atoms with van der Waals surface area (Å²) in [4.78, 5) is 12.8. The van der Waals surface area contributed by atoms with E-state index in [1.54, 1.807) is 7.11 Å². The lowest BCUT2D eigenvalue weighted by Gasteiger charge is -2.32. The summed E-state index contributed by atoms with van der Waals surface area (Å²) in [7, 11) is 1.70. The summed E-state index contributed by atoms with van der Waals surface area (Å²) in [6.45, 7) is 4.00. The fourth-order valence-corrected chi connectivity index (χ4v) is 3.28. The van der Waals surface area contributed by atoms with Crippen LogP contribution in [0.15, 0.2) is 5.16 Å². The number of hydrogen-bond donors (Lipinski definition) is 3. The number of hydrogen-bond acceptors (Lipinski definition) is 4. The maximum atomic E-state index is 12.8. The minimum Gasteiger partial charge on any atom is -0.409 e. The molecule has 0 spiro atoms. The van der Waals surface area contributed by atoms with Crippen molar-refractivity contribution in [3.8, 4) is 0 Å². The molecule has 1 aliphatic rings. The van der Waals surface area contributed by atoms with Crippen LogP contribution < -0.4 is 11.1 Å². The summed E-state index contributed by atoms with van der Waals surface area (Å²) in [5.74, 6) is -0.103. The van der Waals surface area contributed by atoms with E-state index in [4.69, 9.17) is 15.7 Å². The van der Waals surface area contributed by atoms with Crippen molar-refractivity contribution in [1.29, 1.82) is 0 Å². The first-order chi connectivity index (χ1) is 10.0. The van der Waals surface area contributed by atoms with Gasteiger partial charge in [0.1, 0.15) is 5.41 Å². The van der Waals surface area contributed by atoms with Gasteiger partial charge in [0.15, 0.2) is 5.84 Å². The Morgan fingerprint density at radius 3 is 2.43 bits per heavy atom. The number of methoxy groups -OCH3 is 1. The van der Waals surface area contributed by atoms with Gasteiger partial charge in [0.2, 0.25) is 5.91 Å². The van der Waals surface area contributed by atoms with Gasteiger partial charge in [-0.3, -0.25) is 4.79 Å². The van der Waals surface area contributed by atoms with Gasteiger partial charge in [-0.2, -0.15) is 0 Å². The Hall–Kier alpha value is -1.30. The molecule has 0 radical (unpaired) electrons. The lowest BCUT2D eigenvalue weighted by atomic mass is 9.77. The molecule has 1 fully saturated rings. The standard InChI is InChI=1S/C15H29N3O3/c1-4-8-15(9-5-2,13(16)18-20)14(19)17-11-6-7-12(10-11)21-3/h11-12,20H,4-10H2,1-3H3,(H2,16,18)(H,17,19). The first-order valence-corrected chi connectivity index (χ1v) is 7.85. The van der Waals surface area contributed by atoms with Crippen molar-refractivity contribution in [3.05, 3.63) is 0 Å². The lowest BCUT2D eigenvalue weighted by Crippen LogP contribution is -2.52. The van der Waals surface area contributed by atoms with E-state index in [1.807, 2.05) is 13.8 Å². The Kier molecular flexibility index (Phi) is 6.95. The maximum Gasteiger partial charge on any atom is 0.234 e. The van der Waals surface area contributed by atoms with Crippen LogP contribution in [0.4, 0.5) is 0 Å². The third kappa shape index (κ3) is 4.09. The summed E-state index contributed by atoms with van der Waals surface area (Å²) in [5.41, 5.74) is 4.97. The van der Waals surface area contributed by atoms with Gasteiger partial charge >= 0.3 is 0 Å². The maximum absolute atomic E-state index is 12.8. The van der Waals surface area contributed by atoms with Gasteiger partial charge in [-0.15, -0.1) is 0 Å². The number of oxime groups is 1. The zero-order chi connectivity index (χ0) is 15.9. The average Bonchev–Trinajstić information content (AvgIpc) is 2.93. The highest BCUT2D eigenvalue weighted by Gasteiger charge is 2.42. The molecule has 1 rings (SSSR count). The SMILES string of the molecule is CCCC(CCC)(C(=O)NC1CCC(OC)C1)C(N)=NO. The summed E-state index contributed by atoms with van der Waals surface area (Å²) in [6, 6.07) is 0.113. The minimum absolute atomic E-state index is 0.0185.